The first kappa shape index (κ1) is 13.8. The van der Waals surface area contributed by atoms with Gasteiger partial charge in [-0.05, 0) is 25.5 Å². The number of likely N-dealkylation sites (tertiary alicyclic amines) is 1. The Kier molecular flexibility index (Phi) is 4.37. The number of nitrogens with one attached hydrogen (secondary N) is 2. The van der Waals surface area contributed by atoms with E-state index in [0.717, 1.165) is 25.9 Å². The molecule has 5 heteroatoms. The summed E-state index contributed by atoms with van der Waals surface area (Å²) >= 11 is 0. The van der Waals surface area contributed by atoms with E-state index in [9.17, 15) is 9.59 Å². The molecule has 0 radical (unpaired) electrons. The zero-order valence-corrected chi connectivity index (χ0v) is 11.5. The molecule has 5 nitrogen and oxygen atoms in total. The molecule has 2 unspecified atom stereocenters. The summed E-state index contributed by atoms with van der Waals surface area (Å²) in [4.78, 5) is 28.0. The molecule has 2 heterocycles. The number of carbonyl (C=O) groups is 1. The van der Waals surface area contributed by atoms with Crippen LogP contribution in [0.15, 0.2) is 23.0 Å². The fraction of sp³-hybridized carbons (Fsp3) is 0.571. The smallest absolute Gasteiger partial charge is 0.270 e. The summed E-state index contributed by atoms with van der Waals surface area (Å²) in [5.74, 6) is 0.392. The van der Waals surface area contributed by atoms with Gasteiger partial charge < -0.3 is 15.2 Å². The van der Waals surface area contributed by atoms with Crippen molar-refractivity contribution in [3.05, 3.63) is 34.2 Å². The van der Waals surface area contributed by atoms with Gasteiger partial charge in [0.05, 0.1) is 0 Å². The number of aromatic nitrogens is 1. The summed E-state index contributed by atoms with van der Waals surface area (Å²) < 4.78 is 0. The van der Waals surface area contributed by atoms with Gasteiger partial charge in [0.15, 0.2) is 0 Å². The van der Waals surface area contributed by atoms with Crippen LogP contribution in [0.3, 0.4) is 0 Å². The molecule has 19 heavy (non-hydrogen) atoms. The van der Waals surface area contributed by atoms with Crippen LogP contribution >= 0.6 is 0 Å². The van der Waals surface area contributed by atoms with E-state index in [1.165, 1.54) is 6.07 Å². The van der Waals surface area contributed by atoms with Gasteiger partial charge in [0.1, 0.15) is 5.69 Å². The van der Waals surface area contributed by atoms with Crippen molar-refractivity contribution < 1.29 is 4.79 Å². The molecule has 104 valence electrons. The predicted molar refractivity (Wildman–Crippen MR) is 74.2 cm³/mol. The normalized spacial score (nSPS) is 23.4. The first-order valence-electron chi connectivity index (χ1n) is 6.81. The number of piperidine rings is 1. The van der Waals surface area contributed by atoms with Crippen LogP contribution in [0, 0.1) is 5.92 Å². The van der Waals surface area contributed by atoms with Crippen LogP contribution in [-0.2, 0) is 0 Å². The molecule has 1 amide bonds. The quantitative estimate of drug-likeness (QED) is 0.849. The summed E-state index contributed by atoms with van der Waals surface area (Å²) in [6.07, 6.45) is 2.00. The summed E-state index contributed by atoms with van der Waals surface area (Å²) in [6.45, 7) is 3.63. The van der Waals surface area contributed by atoms with Gasteiger partial charge in [0.25, 0.3) is 5.91 Å². The Hall–Kier alpha value is -1.62. The topological polar surface area (TPSA) is 65.2 Å². The second kappa shape index (κ2) is 6.02. The Morgan fingerprint density at radius 2 is 2.32 bits per heavy atom. The maximum atomic E-state index is 12.3. The van der Waals surface area contributed by atoms with Crippen molar-refractivity contribution in [1.82, 2.24) is 15.2 Å². The van der Waals surface area contributed by atoms with Gasteiger partial charge in [-0.2, -0.15) is 0 Å². The Morgan fingerprint density at radius 1 is 1.53 bits per heavy atom. The second-order valence-electron chi connectivity index (χ2n) is 5.03. The Bertz CT molecular complexity index is 497. The molecule has 1 aliphatic heterocycles. The largest absolute Gasteiger partial charge is 0.337 e. The van der Waals surface area contributed by atoms with Gasteiger partial charge in [0.2, 0.25) is 5.56 Å². The van der Waals surface area contributed by atoms with E-state index >= 15 is 0 Å². The van der Waals surface area contributed by atoms with Crippen LogP contribution < -0.4 is 10.9 Å². The fourth-order valence-electron chi connectivity index (χ4n) is 2.75. The van der Waals surface area contributed by atoms with E-state index in [0.29, 0.717) is 17.7 Å². The number of aromatic amines is 1. The van der Waals surface area contributed by atoms with Crippen molar-refractivity contribution in [2.75, 3.05) is 20.1 Å². The average Bonchev–Trinajstić information content (AvgIpc) is 2.45. The van der Waals surface area contributed by atoms with E-state index in [1.54, 1.807) is 12.1 Å². The summed E-state index contributed by atoms with van der Waals surface area (Å²) in [5.41, 5.74) is 0.147. The molecule has 1 aliphatic rings. The van der Waals surface area contributed by atoms with Crippen molar-refractivity contribution >= 4 is 5.91 Å². The molecule has 2 N–H and O–H groups in total. The predicted octanol–water partition coefficient (Wildman–Crippen LogP) is 0.835. The van der Waals surface area contributed by atoms with Crippen LogP contribution in [0.5, 0.6) is 0 Å². The lowest BCUT2D eigenvalue weighted by Gasteiger charge is -2.38. The van der Waals surface area contributed by atoms with Crippen LogP contribution in [-0.4, -0.2) is 42.0 Å². The lowest BCUT2D eigenvalue weighted by molar-refractivity contribution is 0.0625. The highest BCUT2D eigenvalue weighted by molar-refractivity contribution is 5.92. The Labute approximate surface area is 113 Å². The zero-order chi connectivity index (χ0) is 13.8. The lowest BCUT2D eigenvalue weighted by Crippen LogP contribution is -2.50. The molecule has 1 aromatic rings. The minimum absolute atomic E-state index is 0.0781. The summed E-state index contributed by atoms with van der Waals surface area (Å²) in [5, 5.41) is 3.32. The van der Waals surface area contributed by atoms with Crippen molar-refractivity contribution in [3.8, 4) is 0 Å². The average molecular weight is 263 g/mol. The van der Waals surface area contributed by atoms with E-state index in [-0.39, 0.29) is 11.5 Å². The Balaban J connectivity index is 2.10. The molecular formula is C14H21N3O2. The second-order valence-corrected chi connectivity index (χ2v) is 5.03. The fourth-order valence-corrected chi connectivity index (χ4v) is 2.75. The van der Waals surface area contributed by atoms with Crippen molar-refractivity contribution in [2.45, 2.75) is 25.8 Å². The molecule has 0 aromatic carbocycles. The van der Waals surface area contributed by atoms with Gasteiger partial charge in [-0.3, -0.25) is 9.59 Å². The number of carbonyl (C=O) groups excluding carboxylic acids is 1. The first-order valence-corrected chi connectivity index (χ1v) is 6.81. The van der Waals surface area contributed by atoms with Crippen LogP contribution in [0.2, 0.25) is 0 Å². The van der Waals surface area contributed by atoms with E-state index in [1.807, 2.05) is 11.9 Å². The molecule has 0 bridgehead atoms. The number of rotatable bonds is 3. The third-order valence-corrected chi connectivity index (χ3v) is 3.92. The molecule has 0 saturated carbocycles. The number of hydrogen-bond donors (Lipinski definition) is 2. The van der Waals surface area contributed by atoms with Gasteiger partial charge in [-0.25, -0.2) is 0 Å². The molecule has 1 fully saturated rings. The summed E-state index contributed by atoms with van der Waals surface area (Å²) in [7, 11) is 1.97. The number of nitrogens with zero attached hydrogens (tertiary/aromatic N) is 1. The summed E-state index contributed by atoms with van der Waals surface area (Å²) in [6, 6.07) is 5.17. The molecular weight excluding hydrogens is 242 g/mol. The number of hydrogen-bond acceptors (Lipinski definition) is 3. The van der Waals surface area contributed by atoms with E-state index < -0.39 is 0 Å². The standard InChI is InChI=1S/C14H21N3O2/c1-3-10-9-17(8-7-11(10)15-2)14(19)12-5-4-6-13(18)16-12/h4-6,10-11,15H,3,7-9H2,1-2H3,(H,16,18). The molecule has 0 aliphatic carbocycles. The minimum atomic E-state index is -0.233. The third-order valence-electron chi connectivity index (χ3n) is 3.92. The molecule has 1 saturated heterocycles. The van der Waals surface area contributed by atoms with Crippen molar-refractivity contribution in [1.29, 1.82) is 0 Å². The lowest BCUT2D eigenvalue weighted by atomic mass is 9.90. The van der Waals surface area contributed by atoms with Crippen molar-refractivity contribution in [3.63, 3.8) is 0 Å². The number of amides is 1. The highest BCUT2D eigenvalue weighted by Crippen LogP contribution is 2.21. The molecule has 2 rings (SSSR count). The van der Waals surface area contributed by atoms with Crippen LogP contribution in [0.25, 0.3) is 0 Å². The van der Waals surface area contributed by atoms with E-state index in [2.05, 4.69) is 17.2 Å². The highest BCUT2D eigenvalue weighted by atomic mass is 16.2. The first-order chi connectivity index (χ1) is 9.15. The van der Waals surface area contributed by atoms with Gasteiger partial charge in [0, 0.05) is 25.2 Å². The van der Waals surface area contributed by atoms with Gasteiger partial charge in [-0.15, -0.1) is 0 Å². The van der Waals surface area contributed by atoms with E-state index in [4.69, 9.17) is 0 Å². The maximum Gasteiger partial charge on any atom is 0.270 e. The number of H-pyrrole nitrogens is 1. The number of pyridine rings is 1. The Morgan fingerprint density at radius 3 is 2.95 bits per heavy atom. The SMILES string of the molecule is CCC1CN(C(=O)c2cccc(=O)[nH]2)CCC1NC. The highest BCUT2D eigenvalue weighted by Gasteiger charge is 2.29. The molecule has 0 spiro atoms. The zero-order valence-electron chi connectivity index (χ0n) is 11.5. The van der Waals surface area contributed by atoms with Crippen LogP contribution in [0.4, 0.5) is 0 Å². The third kappa shape index (κ3) is 3.04. The van der Waals surface area contributed by atoms with Crippen LogP contribution in [0.1, 0.15) is 30.3 Å². The molecule has 1 aromatic heterocycles. The van der Waals surface area contributed by atoms with Gasteiger partial charge >= 0.3 is 0 Å². The minimum Gasteiger partial charge on any atom is -0.337 e. The van der Waals surface area contributed by atoms with Crippen molar-refractivity contribution in [2.24, 2.45) is 5.92 Å². The molecule has 2 atom stereocenters. The monoisotopic (exact) mass is 263 g/mol. The maximum absolute atomic E-state index is 12.3. The van der Waals surface area contributed by atoms with Gasteiger partial charge in [-0.1, -0.05) is 19.4 Å².